The zero-order valence-electron chi connectivity index (χ0n) is 16.0. The van der Waals surface area contributed by atoms with Crippen molar-refractivity contribution in [3.05, 3.63) is 94.5 Å². The maximum absolute atomic E-state index is 12.4. The van der Waals surface area contributed by atoms with E-state index >= 15 is 0 Å². The van der Waals surface area contributed by atoms with Crippen molar-refractivity contribution in [2.75, 3.05) is 17.2 Å². The maximum atomic E-state index is 12.4. The van der Waals surface area contributed by atoms with Crippen LogP contribution in [0.3, 0.4) is 0 Å². The van der Waals surface area contributed by atoms with E-state index in [0.717, 1.165) is 15.7 Å². The Morgan fingerprint density at radius 1 is 0.862 bits per heavy atom. The molecule has 5 nitrogen and oxygen atoms in total. The zero-order chi connectivity index (χ0) is 20.6. The first-order chi connectivity index (χ1) is 14.0. The summed E-state index contributed by atoms with van der Waals surface area (Å²) in [6.45, 7) is 2.10. The van der Waals surface area contributed by atoms with E-state index in [1.807, 2.05) is 61.5 Å². The molecule has 2 amide bonds. The normalized spacial score (nSPS) is 11.4. The lowest BCUT2D eigenvalue weighted by Gasteiger charge is -2.14. The molecule has 0 fully saturated rings. The Morgan fingerprint density at radius 3 is 2.14 bits per heavy atom. The Balaban J connectivity index is 1.50. The summed E-state index contributed by atoms with van der Waals surface area (Å²) < 4.78 is 0.981. The summed E-state index contributed by atoms with van der Waals surface area (Å²) in [4.78, 5) is 24.5. The number of nitrogens with one attached hydrogen (secondary N) is 3. The minimum Gasteiger partial charge on any atom is -0.376 e. The van der Waals surface area contributed by atoms with Crippen LogP contribution < -0.4 is 16.0 Å². The van der Waals surface area contributed by atoms with Crippen molar-refractivity contribution in [3.8, 4) is 0 Å². The van der Waals surface area contributed by atoms with Gasteiger partial charge in [-0.15, -0.1) is 0 Å². The molecule has 0 heterocycles. The minimum absolute atomic E-state index is 0.0900. The van der Waals surface area contributed by atoms with Crippen molar-refractivity contribution in [2.24, 2.45) is 0 Å². The molecule has 1 atom stereocenters. The molecular formula is C23H22BrN3O2. The quantitative estimate of drug-likeness (QED) is 0.473. The third-order valence-electron chi connectivity index (χ3n) is 4.38. The van der Waals surface area contributed by atoms with E-state index in [1.165, 1.54) is 0 Å². The summed E-state index contributed by atoms with van der Waals surface area (Å²) in [5, 5.41) is 8.85. The van der Waals surface area contributed by atoms with Gasteiger partial charge in [-0.1, -0.05) is 46.3 Å². The van der Waals surface area contributed by atoms with E-state index in [0.29, 0.717) is 11.3 Å². The van der Waals surface area contributed by atoms with Gasteiger partial charge in [0.15, 0.2) is 0 Å². The second kappa shape index (κ2) is 9.89. The second-order valence-electron chi connectivity index (χ2n) is 6.59. The van der Waals surface area contributed by atoms with Crippen LogP contribution in [0.15, 0.2) is 83.3 Å². The molecule has 0 aliphatic rings. The molecule has 29 heavy (non-hydrogen) atoms. The van der Waals surface area contributed by atoms with Crippen LogP contribution in [0.25, 0.3) is 0 Å². The molecule has 3 aromatic carbocycles. The van der Waals surface area contributed by atoms with Gasteiger partial charge in [0.05, 0.1) is 12.6 Å². The Morgan fingerprint density at radius 2 is 1.48 bits per heavy atom. The number of amides is 2. The third-order valence-corrected chi connectivity index (χ3v) is 4.90. The van der Waals surface area contributed by atoms with Gasteiger partial charge in [0.2, 0.25) is 5.91 Å². The Bertz CT molecular complexity index is 958. The zero-order valence-corrected chi connectivity index (χ0v) is 17.6. The van der Waals surface area contributed by atoms with E-state index in [2.05, 4.69) is 31.9 Å². The molecule has 3 N–H and O–H groups in total. The van der Waals surface area contributed by atoms with Crippen LogP contribution in [0.5, 0.6) is 0 Å². The number of halogens is 1. The molecule has 3 rings (SSSR count). The van der Waals surface area contributed by atoms with Gasteiger partial charge < -0.3 is 16.0 Å². The lowest BCUT2D eigenvalue weighted by molar-refractivity contribution is -0.114. The van der Waals surface area contributed by atoms with Gasteiger partial charge in [0.1, 0.15) is 0 Å². The molecule has 6 heteroatoms. The summed E-state index contributed by atoms with van der Waals surface area (Å²) in [5.41, 5.74) is 3.09. The number of rotatable bonds is 7. The summed E-state index contributed by atoms with van der Waals surface area (Å²) in [6, 6.07) is 24.1. The van der Waals surface area contributed by atoms with Crippen molar-refractivity contribution < 1.29 is 9.59 Å². The average Bonchev–Trinajstić information content (AvgIpc) is 2.74. The van der Waals surface area contributed by atoms with E-state index in [-0.39, 0.29) is 24.4 Å². The minimum atomic E-state index is -0.164. The fourth-order valence-electron chi connectivity index (χ4n) is 2.77. The molecule has 0 saturated heterocycles. The van der Waals surface area contributed by atoms with Crippen molar-refractivity contribution in [1.82, 2.24) is 5.32 Å². The van der Waals surface area contributed by atoms with Crippen molar-refractivity contribution >= 4 is 39.1 Å². The molecule has 1 unspecified atom stereocenters. The number of benzene rings is 3. The second-order valence-corrected chi connectivity index (χ2v) is 7.51. The van der Waals surface area contributed by atoms with Crippen LogP contribution in [-0.4, -0.2) is 18.4 Å². The first kappa shape index (κ1) is 20.6. The molecular weight excluding hydrogens is 430 g/mol. The maximum Gasteiger partial charge on any atom is 0.251 e. The fourth-order valence-corrected chi connectivity index (χ4v) is 3.03. The molecule has 0 aliphatic heterocycles. The largest absolute Gasteiger partial charge is 0.376 e. The van der Waals surface area contributed by atoms with Gasteiger partial charge in [0, 0.05) is 21.4 Å². The topological polar surface area (TPSA) is 70.2 Å². The van der Waals surface area contributed by atoms with Crippen LogP contribution in [0.1, 0.15) is 28.9 Å². The summed E-state index contributed by atoms with van der Waals surface area (Å²) in [5.74, 6) is -0.320. The van der Waals surface area contributed by atoms with Crippen LogP contribution >= 0.6 is 15.9 Å². The lowest BCUT2D eigenvalue weighted by Crippen LogP contribution is -2.26. The predicted octanol–water partition coefficient (Wildman–Crippen LogP) is 4.99. The molecule has 0 aliphatic carbocycles. The van der Waals surface area contributed by atoms with Gasteiger partial charge in [-0.2, -0.15) is 0 Å². The van der Waals surface area contributed by atoms with Gasteiger partial charge in [0.25, 0.3) is 5.91 Å². The van der Waals surface area contributed by atoms with Crippen molar-refractivity contribution in [1.29, 1.82) is 0 Å². The molecule has 0 saturated carbocycles. The highest BCUT2D eigenvalue weighted by Crippen LogP contribution is 2.15. The van der Waals surface area contributed by atoms with Crippen LogP contribution in [0.2, 0.25) is 0 Å². The van der Waals surface area contributed by atoms with Crippen molar-refractivity contribution in [2.45, 2.75) is 13.0 Å². The van der Waals surface area contributed by atoms with Gasteiger partial charge in [-0.25, -0.2) is 0 Å². The molecule has 0 aromatic heterocycles. The first-order valence-corrected chi connectivity index (χ1v) is 10.1. The van der Waals surface area contributed by atoms with Gasteiger partial charge >= 0.3 is 0 Å². The van der Waals surface area contributed by atoms with Gasteiger partial charge in [-0.3, -0.25) is 9.59 Å². The van der Waals surface area contributed by atoms with E-state index in [4.69, 9.17) is 0 Å². The predicted molar refractivity (Wildman–Crippen MR) is 120 cm³/mol. The number of hydrogen-bond acceptors (Lipinski definition) is 3. The van der Waals surface area contributed by atoms with Gasteiger partial charge in [-0.05, 0) is 61.0 Å². The number of hydrogen-bond donors (Lipinski definition) is 3. The molecule has 0 radical (unpaired) electrons. The fraction of sp³-hybridized carbons (Fsp3) is 0.130. The number of carbonyl (C=O) groups is 2. The molecule has 3 aromatic rings. The highest BCUT2D eigenvalue weighted by Gasteiger charge is 2.11. The first-order valence-electron chi connectivity index (χ1n) is 9.26. The summed E-state index contributed by atoms with van der Waals surface area (Å²) >= 11 is 3.37. The number of anilines is 2. The van der Waals surface area contributed by atoms with Crippen LogP contribution in [-0.2, 0) is 4.79 Å². The third kappa shape index (κ3) is 6.19. The lowest BCUT2D eigenvalue weighted by atomic mass is 10.1. The van der Waals surface area contributed by atoms with E-state index < -0.39 is 0 Å². The Labute approximate surface area is 178 Å². The molecule has 0 spiro atoms. The van der Waals surface area contributed by atoms with Crippen LogP contribution in [0.4, 0.5) is 11.4 Å². The Kier molecular flexibility index (Phi) is 7.03. The standard InChI is InChI=1S/C23H22BrN3O2/c1-16(17-5-3-2-4-6-17)26-23(29)18-7-11-21(12-8-18)27-22(28)15-25-20-13-9-19(24)10-14-20/h2-14,16,25H,15H2,1H3,(H,26,29)(H,27,28). The smallest absolute Gasteiger partial charge is 0.251 e. The molecule has 148 valence electrons. The van der Waals surface area contributed by atoms with E-state index in [1.54, 1.807) is 24.3 Å². The van der Waals surface area contributed by atoms with Crippen LogP contribution in [0, 0.1) is 0 Å². The Hall–Kier alpha value is -3.12. The summed E-state index contributed by atoms with van der Waals surface area (Å²) in [7, 11) is 0. The average molecular weight is 452 g/mol. The monoisotopic (exact) mass is 451 g/mol. The van der Waals surface area contributed by atoms with E-state index in [9.17, 15) is 9.59 Å². The SMILES string of the molecule is CC(NC(=O)c1ccc(NC(=O)CNc2ccc(Br)cc2)cc1)c1ccccc1. The van der Waals surface area contributed by atoms with Crippen molar-refractivity contribution in [3.63, 3.8) is 0 Å². The number of carbonyl (C=O) groups excluding carboxylic acids is 2. The highest BCUT2D eigenvalue weighted by atomic mass is 79.9. The summed E-state index contributed by atoms with van der Waals surface area (Å²) in [6.07, 6.45) is 0. The molecule has 0 bridgehead atoms. The highest BCUT2D eigenvalue weighted by molar-refractivity contribution is 9.10.